The molecule has 5 heteroatoms. The summed E-state index contributed by atoms with van der Waals surface area (Å²) in [5.41, 5.74) is 7.10. The minimum atomic E-state index is -0.408. The van der Waals surface area contributed by atoms with E-state index in [0.29, 0.717) is 5.69 Å². The van der Waals surface area contributed by atoms with E-state index < -0.39 is 4.92 Å². The van der Waals surface area contributed by atoms with Crippen LogP contribution in [0.25, 0.3) is 0 Å². The predicted molar refractivity (Wildman–Crippen MR) is 82.6 cm³/mol. The van der Waals surface area contributed by atoms with Gasteiger partial charge in [0, 0.05) is 17.7 Å². The highest BCUT2D eigenvalue weighted by Crippen LogP contribution is 2.22. The topological polar surface area (TPSA) is 67.5 Å². The quantitative estimate of drug-likeness (QED) is 0.688. The molecule has 0 atom stereocenters. The third-order valence-electron chi connectivity index (χ3n) is 3.56. The number of anilines is 1. The van der Waals surface area contributed by atoms with Crippen LogP contribution in [0.3, 0.4) is 0 Å². The molecule has 0 saturated heterocycles. The summed E-state index contributed by atoms with van der Waals surface area (Å²) in [6, 6.07) is 14.6. The average molecular weight is 281 g/mol. The fourth-order valence-electron chi connectivity index (χ4n) is 2.54. The lowest BCUT2D eigenvalue weighted by atomic mass is 9.90. The van der Waals surface area contributed by atoms with Crippen LogP contribution in [-0.4, -0.2) is 10.6 Å². The molecule has 2 aromatic carbocycles. The number of hydrogen-bond donors (Lipinski definition) is 1. The maximum absolute atomic E-state index is 10.8. The van der Waals surface area contributed by atoms with E-state index in [1.165, 1.54) is 23.3 Å². The SMILES string of the molecule is O=[N+]([O-])c1cccc(NN=C2CCCc3ccccc32)c1. The summed E-state index contributed by atoms with van der Waals surface area (Å²) in [6.07, 6.45) is 3.07. The maximum Gasteiger partial charge on any atom is 0.271 e. The summed E-state index contributed by atoms with van der Waals surface area (Å²) in [6.45, 7) is 0. The molecule has 3 rings (SSSR count). The maximum atomic E-state index is 10.8. The van der Waals surface area contributed by atoms with Gasteiger partial charge in [0.05, 0.1) is 16.3 Å². The van der Waals surface area contributed by atoms with E-state index in [-0.39, 0.29) is 5.69 Å². The zero-order valence-corrected chi connectivity index (χ0v) is 11.5. The van der Waals surface area contributed by atoms with Crippen molar-refractivity contribution in [2.45, 2.75) is 19.3 Å². The molecular formula is C16H15N3O2. The predicted octanol–water partition coefficient (Wildman–Crippen LogP) is 3.75. The monoisotopic (exact) mass is 281 g/mol. The number of nitro groups is 1. The number of hydrogen-bond acceptors (Lipinski definition) is 4. The first-order valence-electron chi connectivity index (χ1n) is 6.89. The fourth-order valence-corrected chi connectivity index (χ4v) is 2.54. The molecule has 0 aromatic heterocycles. The summed E-state index contributed by atoms with van der Waals surface area (Å²) in [5, 5.41) is 15.2. The van der Waals surface area contributed by atoms with Gasteiger partial charge >= 0.3 is 0 Å². The van der Waals surface area contributed by atoms with E-state index >= 15 is 0 Å². The number of hydrazone groups is 1. The largest absolute Gasteiger partial charge is 0.278 e. The average Bonchev–Trinajstić information content (AvgIpc) is 2.53. The molecule has 0 unspecified atom stereocenters. The number of benzene rings is 2. The van der Waals surface area contributed by atoms with Crippen LogP contribution in [0.4, 0.5) is 11.4 Å². The van der Waals surface area contributed by atoms with E-state index in [1.807, 2.05) is 12.1 Å². The molecule has 21 heavy (non-hydrogen) atoms. The molecule has 0 radical (unpaired) electrons. The molecule has 1 N–H and O–H groups in total. The van der Waals surface area contributed by atoms with E-state index in [0.717, 1.165) is 25.0 Å². The van der Waals surface area contributed by atoms with Crippen molar-refractivity contribution < 1.29 is 4.92 Å². The van der Waals surface area contributed by atoms with Crippen molar-refractivity contribution in [1.29, 1.82) is 0 Å². The van der Waals surface area contributed by atoms with Crippen molar-refractivity contribution in [3.8, 4) is 0 Å². The minimum Gasteiger partial charge on any atom is -0.278 e. The van der Waals surface area contributed by atoms with Crippen LogP contribution in [0, 0.1) is 10.1 Å². The van der Waals surface area contributed by atoms with Gasteiger partial charge in [-0.1, -0.05) is 30.3 Å². The van der Waals surface area contributed by atoms with Gasteiger partial charge < -0.3 is 0 Å². The van der Waals surface area contributed by atoms with Crippen molar-refractivity contribution >= 4 is 17.1 Å². The molecule has 0 aliphatic heterocycles. The summed E-state index contributed by atoms with van der Waals surface area (Å²) < 4.78 is 0. The molecule has 0 bridgehead atoms. The van der Waals surface area contributed by atoms with Crippen LogP contribution < -0.4 is 5.43 Å². The zero-order chi connectivity index (χ0) is 14.7. The van der Waals surface area contributed by atoms with Crippen LogP contribution in [0.2, 0.25) is 0 Å². The van der Waals surface area contributed by atoms with Crippen molar-refractivity contribution in [2.24, 2.45) is 5.10 Å². The Morgan fingerprint density at radius 1 is 1.10 bits per heavy atom. The molecule has 0 fully saturated rings. The molecule has 0 heterocycles. The second-order valence-electron chi connectivity index (χ2n) is 4.99. The van der Waals surface area contributed by atoms with Gasteiger partial charge in [-0.15, -0.1) is 0 Å². The number of nitrogens with one attached hydrogen (secondary N) is 1. The summed E-state index contributed by atoms with van der Waals surface area (Å²) in [5.74, 6) is 0. The zero-order valence-electron chi connectivity index (χ0n) is 11.5. The van der Waals surface area contributed by atoms with E-state index in [9.17, 15) is 10.1 Å². The minimum absolute atomic E-state index is 0.0595. The highest BCUT2D eigenvalue weighted by Gasteiger charge is 2.14. The van der Waals surface area contributed by atoms with Crippen LogP contribution >= 0.6 is 0 Å². The Bertz CT molecular complexity index is 710. The van der Waals surface area contributed by atoms with Crippen LogP contribution in [0.1, 0.15) is 24.0 Å². The lowest BCUT2D eigenvalue weighted by Gasteiger charge is -2.17. The fraction of sp³-hybridized carbons (Fsp3) is 0.188. The normalized spacial score (nSPS) is 15.5. The van der Waals surface area contributed by atoms with E-state index in [4.69, 9.17) is 0 Å². The second kappa shape index (κ2) is 5.75. The first-order valence-corrected chi connectivity index (χ1v) is 6.89. The Balaban J connectivity index is 1.84. The summed E-state index contributed by atoms with van der Waals surface area (Å²) >= 11 is 0. The van der Waals surface area contributed by atoms with Gasteiger partial charge in [-0.25, -0.2) is 0 Å². The third-order valence-corrected chi connectivity index (χ3v) is 3.56. The number of non-ortho nitro benzene ring substituents is 1. The van der Waals surface area contributed by atoms with Gasteiger partial charge in [-0.05, 0) is 30.9 Å². The summed E-state index contributed by atoms with van der Waals surface area (Å²) in [4.78, 5) is 10.4. The van der Waals surface area contributed by atoms with Crippen LogP contribution in [0.15, 0.2) is 53.6 Å². The molecule has 5 nitrogen and oxygen atoms in total. The molecule has 0 amide bonds. The van der Waals surface area contributed by atoms with Gasteiger partial charge in [0.25, 0.3) is 5.69 Å². The highest BCUT2D eigenvalue weighted by atomic mass is 16.6. The first kappa shape index (κ1) is 13.3. The van der Waals surface area contributed by atoms with Crippen molar-refractivity contribution in [3.63, 3.8) is 0 Å². The Morgan fingerprint density at radius 3 is 2.81 bits per heavy atom. The third kappa shape index (κ3) is 2.91. The van der Waals surface area contributed by atoms with Gasteiger partial charge in [0.1, 0.15) is 0 Å². The Hall–Kier alpha value is -2.69. The Morgan fingerprint density at radius 2 is 1.95 bits per heavy atom. The lowest BCUT2D eigenvalue weighted by molar-refractivity contribution is -0.384. The standard InChI is InChI=1S/C16H15N3O2/c20-19(21)14-8-4-7-13(11-14)17-18-16-10-3-6-12-5-1-2-9-15(12)16/h1-2,4-5,7-9,11,17H,3,6,10H2. The highest BCUT2D eigenvalue weighted by molar-refractivity contribution is 6.03. The van der Waals surface area contributed by atoms with Crippen LogP contribution in [0.5, 0.6) is 0 Å². The van der Waals surface area contributed by atoms with Crippen molar-refractivity contribution in [3.05, 3.63) is 69.8 Å². The number of nitro benzene ring substituents is 1. The van der Waals surface area contributed by atoms with Gasteiger partial charge in [-0.2, -0.15) is 5.10 Å². The number of rotatable bonds is 3. The second-order valence-corrected chi connectivity index (χ2v) is 4.99. The molecule has 1 aliphatic rings. The first-order chi connectivity index (χ1) is 10.2. The van der Waals surface area contributed by atoms with Crippen molar-refractivity contribution in [1.82, 2.24) is 0 Å². The van der Waals surface area contributed by atoms with Gasteiger partial charge in [0.2, 0.25) is 0 Å². The van der Waals surface area contributed by atoms with Gasteiger partial charge in [-0.3, -0.25) is 15.5 Å². The molecular weight excluding hydrogens is 266 g/mol. The molecule has 0 saturated carbocycles. The smallest absolute Gasteiger partial charge is 0.271 e. The van der Waals surface area contributed by atoms with E-state index in [1.54, 1.807) is 12.1 Å². The summed E-state index contributed by atoms with van der Waals surface area (Å²) in [7, 11) is 0. The van der Waals surface area contributed by atoms with E-state index in [2.05, 4.69) is 22.7 Å². The molecule has 106 valence electrons. The molecule has 1 aliphatic carbocycles. The van der Waals surface area contributed by atoms with Crippen LogP contribution in [-0.2, 0) is 6.42 Å². The Kier molecular flexibility index (Phi) is 3.64. The lowest BCUT2D eigenvalue weighted by Crippen LogP contribution is -2.13. The molecule has 2 aromatic rings. The number of aryl methyl sites for hydroxylation is 1. The number of nitrogens with zero attached hydrogens (tertiary/aromatic N) is 2. The Labute approximate surface area is 122 Å². The number of fused-ring (bicyclic) bond motifs is 1. The van der Waals surface area contributed by atoms with Crippen molar-refractivity contribution in [2.75, 3.05) is 5.43 Å². The molecule has 0 spiro atoms. The van der Waals surface area contributed by atoms with Gasteiger partial charge in [0.15, 0.2) is 0 Å².